The van der Waals surface area contributed by atoms with Crippen LogP contribution in [-0.2, 0) is 14.3 Å². The number of benzene rings is 1. The fourth-order valence-corrected chi connectivity index (χ4v) is 4.19. The number of ether oxygens (including phenoxy) is 1. The van der Waals surface area contributed by atoms with E-state index in [0.717, 1.165) is 11.4 Å². The van der Waals surface area contributed by atoms with Crippen LogP contribution in [0.2, 0.25) is 0 Å². The summed E-state index contributed by atoms with van der Waals surface area (Å²) < 4.78 is 5.21. The molecular formula is C22H27N5O3. The van der Waals surface area contributed by atoms with Crippen LogP contribution in [0.25, 0.3) is 0 Å². The van der Waals surface area contributed by atoms with Gasteiger partial charge in [-0.2, -0.15) is 0 Å². The highest BCUT2D eigenvalue weighted by Crippen LogP contribution is 2.32. The van der Waals surface area contributed by atoms with Crippen LogP contribution in [-0.4, -0.2) is 61.1 Å². The molecule has 0 radical (unpaired) electrons. The number of rotatable bonds is 6. The number of nitrogens with zero attached hydrogens (tertiary/aromatic N) is 3. The highest BCUT2D eigenvalue weighted by atomic mass is 16.5. The molecule has 0 saturated carbocycles. The normalized spacial score (nSPS) is 24.0. The molecule has 4 rings (SSSR count). The van der Waals surface area contributed by atoms with Gasteiger partial charge in [-0.15, -0.1) is 0 Å². The van der Waals surface area contributed by atoms with Gasteiger partial charge < -0.3 is 10.1 Å². The number of carbonyl (C=O) groups excluding carboxylic acids is 2. The highest BCUT2D eigenvalue weighted by molar-refractivity contribution is 5.99. The van der Waals surface area contributed by atoms with E-state index in [1.54, 1.807) is 18.2 Å². The van der Waals surface area contributed by atoms with Crippen molar-refractivity contribution in [2.24, 2.45) is 11.8 Å². The zero-order valence-electron chi connectivity index (χ0n) is 17.2. The summed E-state index contributed by atoms with van der Waals surface area (Å²) >= 11 is 0. The summed E-state index contributed by atoms with van der Waals surface area (Å²) in [5.74, 6) is -0.340. The number of aryl methyl sites for hydroxylation is 1. The average Bonchev–Trinajstić information content (AvgIpc) is 3.09. The lowest BCUT2D eigenvalue weighted by molar-refractivity contribution is -0.126. The minimum absolute atomic E-state index is 0.0141. The van der Waals surface area contributed by atoms with E-state index in [-0.39, 0.29) is 23.8 Å². The fourth-order valence-electron chi connectivity index (χ4n) is 4.19. The smallest absolute Gasteiger partial charge is 0.247 e. The third-order valence-electron chi connectivity index (χ3n) is 5.69. The van der Waals surface area contributed by atoms with E-state index in [9.17, 15) is 9.59 Å². The molecule has 30 heavy (non-hydrogen) atoms. The third kappa shape index (κ3) is 4.21. The Hall–Kier alpha value is -2.81. The molecule has 1 aromatic heterocycles. The molecule has 3 unspecified atom stereocenters. The van der Waals surface area contributed by atoms with Gasteiger partial charge in [-0.25, -0.2) is 15.4 Å². The number of fused-ring (bicyclic) bond motifs is 1. The summed E-state index contributed by atoms with van der Waals surface area (Å²) in [6.45, 7) is 4.24. The van der Waals surface area contributed by atoms with Crippen LogP contribution in [0.5, 0.6) is 0 Å². The van der Waals surface area contributed by atoms with E-state index in [0.29, 0.717) is 32.1 Å². The number of hydrogen-bond donors (Lipinski definition) is 2. The molecule has 0 aliphatic carbocycles. The number of para-hydroxylation sites is 1. The van der Waals surface area contributed by atoms with Gasteiger partial charge in [-0.1, -0.05) is 24.3 Å². The Morgan fingerprint density at radius 2 is 2.00 bits per heavy atom. The predicted molar refractivity (Wildman–Crippen MR) is 114 cm³/mol. The molecule has 0 bridgehead atoms. The first-order valence-corrected chi connectivity index (χ1v) is 10.2. The Balaban J connectivity index is 1.57. The number of likely N-dealkylation sites (tertiary alicyclic amines) is 1. The Morgan fingerprint density at radius 1 is 1.20 bits per heavy atom. The maximum atomic E-state index is 13.2. The summed E-state index contributed by atoms with van der Waals surface area (Å²) in [5, 5.41) is 4.52. The van der Waals surface area contributed by atoms with Crippen molar-refractivity contribution >= 4 is 23.3 Å². The first-order valence-electron chi connectivity index (χ1n) is 10.2. The highest BCUT2D eigenvalue weighted by Gasteiger charge is 2.50. The largest absolute Gasteiger partial charge is 0.383 e. The number of aromatic nitrogens is 1. The minimum Gasteiger partial charge on any atom is -0.383 e. The number of hydrazine groups is 1. The second-order valence-corrected chi connectivity index (χ2v) is 7.78. The molecule has 3 heterocycles. The van der Waals surface area contributed by atoms with Crippen LogP contribution in [0.15, 0.2) is 48.5 Å². The molecule has 8 nitrogen and oxygen atoms in total. The lowest BCUT2D eigenvalue weighted by Crippen LogP contribution is -2.56. The quantitative estimate of drug-likeness (QED) is 0.751. The van der Waals surface area contributed by atoms with Gasteiger partial charge in [-0.3, -0.25) is 14.5 Å². The lowest BCUT2D eigenvalue weighted by atomic mass is 9.84. The van der Waals surface area contributed by atoms with Gasteiger partial charge in [0.25, 0.3) is 0 Å². The first kappa shape index (κ1) is 20.5. The molecule has 2 N–H and O–H groups in total. The Kier molecular flexibility index (Phi) is 6.08. The van der Waals surface area contributed by atoms with Crippen molar-refractivity contribution in [3.63, 3.8) is 0 Å². The lowest BCUT2D eigenvalue weighted by Gasteiger charge is -2.38. The van der Waals surface area contributed by atoms with E-state index < -0.39 is 5.92 Å². The molecule has 2 amide bonds. The maximum absolute atomic E-state index is 13.2. The number of methoxy groups -OCH3 is 1. The van der Waals surface area contributed by atoms with Gasteiger partial charge in [0.1, 0.15) is 5.82 Å². The molecule has 2 aliphatic heterocycles. The minimum atomic E-state index is -0.402. The van der Waals surface area contributed by atoms with Crippen molar-refractivity contribution in [3.05, 3.63) is 54.2 Å². The van der Waals surface area contributed by atoms with E-state index in [4.69, 9.17) is 4.74 Å². The van der Waals surface area contributed by atoms with Gasteiger partial charge in [-0.05, 0) is 31.2 Å². The summed E-state index contributed by atoms with van der Waals surface area (Å²) in [4.78, 5) is 32.9. The summed E-state index contributed by atoms with van der Waals surface area (Å²) in [5.41, 5.74) is 4.92. The monoisotopic (exact) mass is 409 g/mol. The van der Waals surface area contributed by atoms with Crippen molar-refractivity contribution < 1.29 is 14.3 Å². The van der Waals surface area contributed by atoms with E-state index in [2.05, 4.69) is 20.6 Å². The second kappa shape index (κ2) is 8.91. The standard InChI is InChI=1S/C22H27N5O3/c1-15-7-6-10-19(23-15)24-21(28)17-13-26(11-12-30-2)14-18-20(17)25-27(22(18)29)16-8-4-3-5-9-16/h3-10,17-18,20,25H,11-14H2,1-2H3,(H,23,24,28). The SMILES string of the molecule is COCCN1CC(C(=O)Nc2cccc(C)n2)C2NN(c3ccccc3)C(=O)C2C1. The summed E-state index contributed by atoms with van der Waals surface area (Å²) in [6.07, 6.45) is 0. The number of hydrogen-bond acceptors (Lipinski definition) is 6. The molecule has 0 spiro atoms. The van der Waals surface area contributed by atoms with E-state index >= 15 is 0 Å². The number of piperidine rings is 1. The maximum Gasteiger partial charge on any atom is 0.247 e. The van der Waals surface area contributed by atoms with Crippen molar-refractivity contribution in [2.45, 2.75) is 13.0 Å². The summed E-state index contributed by atoms with van der Waals surface area (Å²) in [7, 11) is 1.65. The molecule has 2 aliphatic rings. The van der Waals surface area contributed by atoms with Gasteiger partial charge in [0.05, 0.1) is 30.2 Å². The van der Waals surface area contributed by atoms with Crippen LogP contribution in [0.4, 0.5) is 11.5 Å². The van der Waals surface area contributed by atoms with Crippen molar-refractivity contribution in [1.82, 2.24) is 15.3 Å². The fraction of sp³-hybridized carbons (Fsp3) is 0.409. The zero-order valence-corrected chi connectivity index (χ0v) is 17.2. The van der Waals surface area contributed by atoms with Gasteiger partial charge >= 0.3 is 0 Å². The number of anilines is 2. The first-order chi connectivity index (χ1) is 14.6. The topological polar surface area (TPSA) is 86.8 Å². The van der Waals surface area contributed by atoms with Crippen molar-refractivity contribution in [1.29, 1.82) is 0 Å². The van der Waals surface area contributed by atoms with Crippen LogP contribution in [0.3, 0.4) is 0 Å². The number of nitrogens with one attached hydrogen (secondary N) is 2. The average molecular weight is 409 g/mol. The Morgan fingerprint density at radius 3 is 2.73 bits per heavy atom. The predicted octanol–water partition coefficient (Wildman–Crippen LogP) is 1.44. The van der Waals surface area contributed by atoms with Gasteiger partial charge in [0.15, 0.2) is 0 Å². The zero-order chi connectivity index (χ0) is 21.1. The van der Waals surface area contributed by atoms with Gasteiger partial charge in [0.2, 0.25) is 11.8 Å². The third-order valence-corrected chi connectivity index (χ3v) is 5.69. The molecule has 158 valence electrons. The number of pyridine rings is 1. The Bertz CT molecular complexity index is 907. The molecule has 2 fully saturated rings. The number of carbonyl (C=O) groups is 2. The van der Waals surface area contributed by atoms with Crippen LogP contribution in [0.1, 0.15) is 5.69 Å². The van der Waals surface area contributed by atoms with Gasteiger partial charge in [0, 0.05) is 32.4 Å². The molecule has 2 saturated heterocycles. The van der Waals surface area contributed by atoms with E-state index in [1.807, 2.05) is 49.4 Å². The van der Waals surface area contributed by atoms with Crippen molar-refractivity contribution in [3.8, 4) is 0 Å². The summed E-state index contributed by atoms with van der Waals surface area (Å²) in [6, 6.07) is 14.7. The van der Waals surface area contributed by atoms with Crippen LogP contribution < -0.4 is 15.8 Å². The van der Waals surface area contributed by atoms with Crippen LogP contribution in [0, 0.1) is 18.8 Å². The molecule has 2 aromatic rings. The molecule has 1 aromatic carbocycles. The van der Waals surface area contributed by atoms with Crippen molar-refractivity contribution in [2.75, 3.05) is 43.7 Å². The van der Waals surface area contributed by atoms with Crippen LogP contribution >= 0.6 is 0 Å². The Labute approximate surface area is 176 Å². The second-order valence-electron chi connectivity index (χ2n) is 7.78. The molecule has 8 heteroatoms. The molecule has 3 atom stereocenters. The molecular weight excluding hydrogens is 382 g/mol. The number of amides is 2. The van der Waals surface area contributed by atoms with E-state index in [1.165, 1.54) is 0 Å².